The zero-order valence-electron chi connectivity index (χ0n) is 9.46. The highest BCUT2D eigenvalue weighted by molar-refractivity contribution is 5.75. The molecule has 1 aliphatic heterocycles. The van der Waals surface area contributed by atoms with Crippen molar-refractivity contribution in [2.75, 3.05) is 6.54 Å². The summed E-state index contributed by atoms with van der Waals surface area (Å²) in [7, 11) is 0. The van der Waals surface area contributed by atoms with E-state index < -0.39 is 0 Å². The summed E-state index contributed by atoms with van der Waals surface area (Å²) in [5.41, 5.74) is -0.318. The number of carbonyl (C=O) groups is 2. The summed E-state index contributed by atoms with van der Waals surface area (Å²) >= 11 is 0. The quantitative estimate of drug-likeness (QED) is 0.499. The first kappa shape index (κ1) is 13.9. The van der Waals surface area contributed by atoms with Gasteiger partial charge in [-0.25, -0.2) is 0 Å². The third kappa shape index (κ3) is 7.90. The lowest BCUT2D eigenvalue weighted by molar-refractivity contribution is -0.149. The van der Waals surface area contributed by atoms with E-state index >= 15 is 0 Å². The van der Waals surface area contributed by atoms with Crippen molar-refractivity contribution in [1.29, 1.82) is 0 Å². The molecule has 0 unspecified atom stereocenters. The van der Waals surface area contributed by atoms with Crippen molar-refractivity contribution in [2.45, 2.75) is 45.6 Å². The van der Waals surface area contributed by atoms with E-state index in [9.17, 15) is 14.1 Å². The second-order valence-corrected chi connectivity index (χ2v) is 4.26. The smallest absolute Gasteiger partial charge is 0.293 e. The van der Waals surface area contributed by atoms with Gasteiger partial charge in [-0.15, -0.1) is 0 Å². The van der Waals surface area contributed by atoms with Crippen LogP contribution in [0.25, 0.3) is 0 Å². The molecule has 0 radical (unpaired) electrons. The fourth-order valence-corrected chi connectivity index (χ4v) is 0.917. The lowest BCUT2D eigenvalue weighted by Crippen LogP contribution is -2.27. The van der Waals surface area contributed by atoms with E-state index in [1.807, 2.05) is 20.8 Å². The molecule has 0 N–H and O–H groups in total. The maximum Gasteiger partial charge on any atom is 0.293 e. The van der Waals surface area contributed by atoms with Crippen molar-refractivity contribution in [3.8, 4) is 0 Å². The molecule has 0 aliphatic carbocycles. The average Bonchev–Trinajstić information content (AvgIpc) is 2.09. The molecule has 88 valence electrons. The second-order valence-electron chi connectivity index (χ2n) is 4.26. The van der Waals surface area contributed by atoms with Gasteiger partial charge in [0.05, 0.1) is 6.54 Å². The van der Waals surface area contributed by atoms with E-state index in [-0.39, 0.29) is 11.5 Å². The Morgan fingerprint density at radius 1 is 1.40 bits per heavy atom. The van der Waals surface area contributed by atoms with E-state index in [1.165, 1.54) is 0 Å². The van der Waals surface area contributed by atoms with Crippen LogP contribution in [0.4, 0.5) is 4.48 Å². The molecule has 0 spiro atoms. The third-order valence-electron chi connectivity index (χ3n) is 1.67. The molecular weight excluding hydrogens is 201 g/mol. The van der Waals surface area contributed by atoms with Gasteiger partial charge in [-0.05, 0) is 33.6 Å². The molecule has 0 aromatic carbocycles. The summed E-state index contributed by atoms with van der Waals surface area (Å²) in [6, 6.07) is 0. The SMILES string of the molecule is CC(C)(C)OC=O.O=C1CCCCN1F. The molecule has 1 saturated heterocycles. The van der Waals surface area contributed by atoms with Crippen LogP contribution in [0.3, 0.4) is 0 Å². The Balaban J connectivity index is 0.000000265. The van der Waals surface area contributed by atoms with Gasteiger partial charge in [0.15, 0.2) is 0 Å². The lowest BCUT2D eigenvalue weighted by atomic mass is 10.2. The molecule has 4 nitrogen and oxygen atoms in total. The molecule has 0 bridgehead atoms. The van der Waals surface area contributed by atoms with Crippen molar-refractivity contribution in [3.63, 3.8) is 0 Å². The highest BCUT2D eigenvalue weighted by Crippen LogP contribution is 2.09. The zero-order valence-corrected chi connectivity index (χ0v) is 9.46. The molecular formula is C10H18FNO3. The Kier molecular flexibility index (Phi) is 5.89. The fraction of sp³-hybridized carbons (Fsp3) is 0.800. The first-order valence-corrected chi connectivity index (χ1v) is 4.94. The summed E-state index contributed by atoms with van der Waals surface area (Å²) in [4.78, 5) is 19.9. The minimum absolute atomic E-state index is 0.291. The maximum atomic E-state index is 12.1. The molecule has 0 saturated carbocycles. The lowest BCUT2D eigenvalue weighted by Gasteiger charge is -2.15. The van der Waals surface area contributed by atoms with Crippen LogP contribution in [0.1, 0.15) is 40.0 Å². The van der Waals surface area contributed by atoms with Crippen LogP contribution in [0.5, 0.6) is 0 Å². The van der Waals surface area contributed by atoms with Crippen molar-refractivity contribution in [1.82, 2.24) is 5.12 Å². The number of halogens is 1. The normalized spacial score (nSPS) is 16.5. The van der Waals surface area contributed by atoms with Gasteiger partial charge in [-0.1, -0.05) is 4.48 Å². The monoisotopic (exact) mass is 219 g/mol. The molecule has 1 amide bonds. The number of ether oxygens (including phenoxy) is 1. The van der Waals surface area contributed by atoms with Crippen LogP contribution < -0.4 is 0 Å². The number of hydrogen-bond donors (Lipinski definition) is 0. The molecule has 1 aliphatic rings. The summed E-state index contributed by atoms with van der Waals surface area (Å²) in [5, 5.41) is 0.295. The van der Waals surface area contributed by atoms with Crippen LogP contribution in [0.2, 0.25) is 0 Å². The van der Waals surface area contributed by atoms with Crippen molar-refractivity contribution in [2.24, 2.45) is 0 Å². The summed E-state index contributed by atoms with van der Waals surface area (Å²) in [5.74, 6) is -0.365. The van der Waals surface area contributed by atoms with Gasteiger partial charge in [-0.2, -0.15) is 5.12 Å². The van der Waals surface area contributed by atoms with Crippen LogP contribution in [-0.4, -0.2) is 29.6 Å². The summed E-state index contributed by atoms with van der Waals surface area (Å²) < 4.78 is 16.6. The van der Waals surface area contributed by atoms with E-state index in [1.54, 1.807) is 0 Å². The Hall–Kier alpha value is -1.13. The highest BCUT2D eigenvalue weighted by Gasteiger charge is 2.16. The predicted octanol–water partition coefficient (Wildman–Crippen LogP) is 1.84. The predicted molar refractivity (Wildman–Crippen MR) is 53.6 cm³/mol. The first-order valence-electron chi connectivity index (χ1n) is 4.94. The molecule has 5 heteroatoms. The van der Waals surface area contributed by atoms with Crippen LogP contribution >= 0.6 is 0 Å². The summed E-state index contributed by atoms with van der Waals surface area (Å²) in [6.07, 6.45) is 2.04. The van der Waals surface area contributed by atoms with Gasteiger partial charge in [0.2, 0.25) is 5.91 Å². The number of rotatable bonds is 1. The minimum Gasteiger partial charge on any atom is -0.462 e. The molecule has 1 fully saturated rings. The zero-order chi connectivity index (χ0) is 11.9. The standard InChI is InChI=1S/C5H8FNO.C5H10O2/c6-7-4-2-1-3-5(7)8;1-5(2,3)7-4-6/h1-4H2;4H,1-3H3. The number of nitrogens with zero attached hydrogens (tertiary/aromatic N) is 1. The van der Waals surface area contributed by atoms with E-state index in [0.717, 1.165) is 12.8 Å². The Bertz CT molecular complexity index is 213. The van der Waals surface area contributed by atoms with Crippen molar-refractivity contribution in [3.05, 3.63) is 0 Å². The Morgan fingerprint density at radius 3 is 2.20 bits per heavy atom. The number of piperidine rings is 1. The molecule has 0 aromatic rings. The Morgan fingerprint density at radius 2 is 2.00 bits per heavy atom. The van der Waals surface area contributed by atoms with E-state index in [0.29, 0.717) is 24.6 Å². The number of hydrogen-bond acceptors (Lipinski definition) is 3. The highest BCUT2D eigenvalue weighted by atomic mass is 19.2. The number of amides is 1. The van der Waals surface area contributed by atoms with Crippen molar-refractivity contribution < 1.29 is 18.8 Å². The fourth-order valence-electron chi connectivity index (χ4n) is 0.917. The van der Waals surface area contributed by atoms with Gasteiger partial charge in [0.25, 0.3) is 6.47 Å². The van der Waals surface area contributed by atoms with Crippen molar-refractivity contribution >= 4 is 12.4 Å². The molecule has 1 rings (SSSR count). The van der Waals surface area contributed by atoms with Crippen LogP contribution in [-0.2, 0) is 14.3 Å². The van der Waals surface area contributed by atoms with Crippen LogP contribution in [0, 0.1) is 0 Å². The van der Waals surface area contributed by atoms with Gasteiger partial charge < -0.3 is 4.74 Å². The molecule has 15 heavy (non-hydrogen) atoms. The average molecular weight is 219 g/mol. The molecule has 0 aromatic heterocycles. The third-order valence-corrected chi connectivity index (χ3v) is 1.67. The van der Waals surface area contributed by atoms with E-state index in [2.05, 4.69) is 4.74 Å². The molecule has 0 atom stereocenters. The van der Waals surface area contributed by atoms with Gasteiger partial charge in [0, 0.05) is 6.42 Å². The van der Waals surface area contributed by atoms with E-state index in [4.69, 9.17) is 0 Å². The van der Waals surface area contributed by atoms with Crippen LogP contribution in [0.15, 0.2) is 0 Å². The Labute approximate surface area is 89.3 Å². The largest absolute Gasteiger partial charge is 0.462 e. The topological polar surface area (TPSA) is 46.6 Å². The van der Waals surface area contributed by atoms with Gasteiger partial charge >= 0.3 is 0 Å². The van der Waals surface area contributed by atoms with Gasteiger partial charge in [-0.3, -0.25) is 9.59 Å². The minimum atomic E-state index is -0.365. The summed E-state index contributed by atoms with van der Waals surface area (Å²) in [6.45, 7) is 6.21. The number of carbonyl (C=O) groups excluding carboxylic acids is 2. The van der Waals surface area contributed by atoms with Gasteiger partial charge in [0.1, 0.15) is 5.60 Å². The first-order chi connectivity index (χ1) is 6.87. The second kappa shape index (κ2) is 6.37. The molecule has 1 heterocycles. The maximum absolute atomic E-state index is 12.1.